The predicted octanol–water partition coefficient (Wildman–Crippen LogP) is 1.00. The summed E-state index contributed by atoms with van der Waals surface area (Å²) in [4.78, 5) is 6.37. The highest BCUT2D eigenvalue weighted by Gasteiger charge is 2.44. The lowest BCUT2D eigenvalue weighted by Gasteiger charge is -2.26. The first-order chi connectivity index (χ1) is 6.77. The molecule has 76 valence electrons. The number of nitrogens with zero attached hydrogens (tertiary/aromatic N) is 2. The van der Waals surface area contributed by atoms with Gasteiger partial charge in [0.05, 0.1) is 0 Å². The largest absolute Gasteiger partial charge is 0.329 e. The van der Waals surface area contributed by atoms with Gasteiger partial charge in [-0.15, -0.1) is 0 Å². The summed E-state index contributed by atoms with van der Waals surface area (Å²) in [6.07, 6.45) is 6.16. The summed E-state index contributed by atoms with van der Waals surface area (Å²) in [5.74, 6) is 0. The van der Waals surface area contributed by atoms with Crippen LogP contribution < -0.4 is 5.73 Å². The van der Waals surface area contributed by atoms with Crippen LogP contribution in [0.4, 0.5) is 0 Å². The first-order valence-electron chi connectivity index (χ1n) is 5.07. The fourth-order valence-corrected chi connectivity index (χ4v) is 1.82. The van der Waals surface area contributed by atoms with Crippen molar-refractivity contribution in [1.29, 1.82) is 0 Å². The number of aromatic nitrogens is 1. The summed E-state index contributed by atoms with van der Waals surface area (Å²) < 4.78 is 0. The Hall–Kier alpha value is -0.930. The summed E-state index contributed by atoms with van der Waals surface area (Å²) in [5, 5.41) is 0. The van der Waals surface area contributed by atoms with E-state index >= 15 is 0 Å². The number of hydrogen-bond acceptors (Lipinski definition) is 3. The van der Waals surface area contributed by atoms with Gasteiger partial charge in [-0.1, -0.05) is 0 Å². The molecule has 1 aliphatic rings. The van der Waals surface area contributed by atoms with Gasteiger partial charge in [0, 0.05) is 31.0 Å². The topological polar surface area (TPSA) is 42.2 Å². The molecule has 0 amide bonds. The second-order valence-corrected chi connectivity index (χ2v) is 4.14. The first kappa shape index (κ1) is 9.62. The lowest BCUT2D eigenvalue weighted by Crippen LogP contribution is -2.39. The van der Waals surface area contributed by atoms with Gasteiger partial charge in [0.25, 0.3) is 0 Å². The van der Waals surface area contributed by atoms with Crippen LogP contribution in [0.15, 0.2) is 24.5 Å². The van der Waals surface area contributed by atoms with Gasteiger partial charge in [0.1, 0.15) is 0 Å². The number of nitrogens with two attached hydrogens (primary N) is 1. The van der Waals surface area contributed by atoms with Crippen LogP contribution in [0, 0.1) is 0 Å². The quantitative estimate of drug-likeness (QED) is 0.772. The van der Waals surface area contributed by atoms with E-state index in [1.54, 1.807) is 0 Å². The van der Waals surface area contributed by atoms with Gasteiger partial charge in [-0.05, 0) is 37.6 Å². The fraction of sp³-hybridized carbons (Fsp3) is 0.545. The second-order valence-electron chi connectivity index (χ2n) is 4.14. The van der Waals surface area contributed by atoms with Gasteiger partial charge >= 0.3 is 0 Å². The Labute approximate surface area is 84.9 Å². The van der Waals surface area contributed by atoms with Crippen molar-refractivity contribution in [2.45, 2.75) is 24.9 Å². The van der Waals surface area contributed by atoms with Gasteiger partial charge in [-0.2, -0.15) is 0 Å². The van der Waals surface area contributed by atoms with Crippen molar-refractivity contribution in [3.8, 4) is 0 Å². The van der Waals surface area contributed by atoms with E-state index in [2.05, 4.69) is 29.1 Å². The molecule has 2 N–H and O–H groups in total. The van der Waals surface area contributed by atoms with Crippen LogP contribution in [0.3, 0.4) is 0 Å². The van der Waals surface area contributed by atoms with Crippen LogP contribution in [-0.2, 0) is 6.54 Å². The lowest BCUT2D eigenvalue weighted by atomic mass is 10.2. The number of likely N-dealkylation sites (N-methyl/N-ethyl adjacent to an activating group) is 1. The molecule has 1 aromatic heterocycles. The van der Waals surface area contributed by atoms with Crippen molar-refractivity contribution in [3.05, 3.63) is 30.1 Å². The van der Waals surface area contributed by atoms with Crippen molar-refractivity contribution in [1.82, 2.24) is 9.88 Å². The molecule has 0 spiro atoms. The molecule has 1 saturated carbocycles. The maximum absolute atomic E-state index is 5.77. The van der Waals surface area contributed by atoms with Crippen LogP contribution in [0.2, 0.25) is 0 Å². The summed E-state index contributed by atoms with van der Waals surface area (Å²) in [6.45, 7) is 1.74. The van der Waals surface area contributed by atoms with E-state index in [1.165, 1.54) is 18.4 Å². The van der Waals surface area contributed by atoms with Crippen molar-refractivity contribution < 1.29 is 0 Å². The molecule has 0 atom stereocenters. The van der Waals surface area contributed by atoms with Crippen molar-refractivity contribution in [2.24, 2.45) is 5.73 Å². The molecule has 3 heteroatoms. The van der Waals surface area contributed by atoms with E-state index in [0.29, 0.717) is 5.54 Å². The van der Waals surface area contributed by atoms with Crippen LogP contribution in [-0.4, -0.2) is 29.0 Å². The third-order valence-electron chi connectivity index (χ3n) is 3.19. The summed E-state index contributed by atoms with van der Waals surface area (Å²) in [5.41, 5.74) is 7.37. The Kier molecular flexibility index (Phi) is 2.52. The van der Waals surface area contributed by atoms with Crippen molar-refractivity contribution in [2.75, 3.05) is 13.6 Å². The number of rotatable bonds is 4. The molecule has 0 saturated heterocycles. The summed E-state index contributed by atoms with van der Waals surface area (Å²) in [7, 11) is 2.15. The zero-order chi connectivity index (χ0) is 10.0. The highest BCUT2D eigenvalue weighted by molar-refractivity contribution is 5.12. The molecule has 0 unspecified atom stereocenters. The zero-order valence-corrected chi connectivity index (χ0v) is 8.61. The van der Waals surface area contributed by atoms with Gasteiger partial charge in [-0.3, -0.25) is 9.88 Å². The number of pyridine rings is 1. The van der Waals surface area contributed by atoms with Gasteiger partial charge in [-0.25, -0.2) is 0 Å². The molecule has 14 heavy (non-hydrogen) atoms. The molecular weight excluding hydrogens is 174 g/mol. The molecule has 1 aromatic rings. The Balaban J connectivity index is 1.98. The van der Waals surface area contributed by atoms with E-state index in [0.717, 1.165) is 13.1 Å². The molecule has 0 radical (unpaired) electrons. The van der Waals surface area contributed by atoms with E-state index < -0.39 is 0 Å². The Morgan fingerprint density at radius 2 is 2.07 bits per heavy atom. The van der Waals surface area contributed by atoms with Crippen LogP contribution in [0.25, 0.3) is 0 Å². The summed E-state index contributed by atoms with van der Waals surface area (Å²) >= 11 is 0. The smallest absolute Gasteiger partial charge is 0.0333 e. The standard InChI is InChI=1S/C11H17N3/c1-14(11(9-12)4-5-11)8-10-2-6-13-7-3-10/h2-3,6-7H,4-5,8-9,12H2,1H3. The second kappa shape index (κ2) is 3.67. The zero-order valence-electron chi connectivity index (χ0n) is 8.61. The van der Waals surface area contributed by atoms with Crippen molar-refractivity contribution >= 4 is 0 Å². The van der Waals surface area contributed by atoms with Gasteiger partial charge in [0.2, 0.25) is 0 Å². The first-order valence-corrected chi connectivity index (χ1v) is 5.07. The molecule has 1 aliphatic carbocycles. The van der Waals surface area contributed by atoms with Crippen LogP contribution in [0.1, 0.15) is 18.4 Å². The molecule has 3 nitrogen and oxygen atoms in total. The SMILES string of the molecule is CN(Cc1ccncc1)C1(CN)CC1. The van der Waals surface area contributed by atoms with Gasteiger partial charge < -0.3 is 5.73 Å². The molecular formula is C11H17N3. The highest BCUT2D eigenvalue weighted by atomic mass is 15.2. The molecule has 2 rings (SSSR count). The Morgan fingerprint density at radius 3 is 2.57 bits per heavy atom. The van der Waals surface area contributed by atoms with E-state index in [1.807, 2.05) is 12.4 Å². The van der Waals surface area contributed by atoms with Gasteiger partial charge in [0.15, 0.2) is 0 Å². The van der Waals surface area contributed by atoms with E-state index in [9.17, 15) is 0 Å². The minimum Gasteiger partial charge on any atom is -0.329 e. The van der Waals surface area contributed by atoms with Crippen LogP contribution in [0.5, 0.6) is 0 Å². The minimum absolute atomic E-state index is 0.295. The molecule has 0 aromatic carbocycles. The molecule has 0 bridgehead atoms. The minimum atomic E-state index is 0.295. The molecule has 1 heterocycles. The third-order valence-corrected chi connectivity index (χ3v) is 3.19. The monoisotopic (exact) mass is 191 g/mol. The molecule has 0 aliphatic heterocycles. The third kappa shape index (κ3) is 1.79. The van der Waals surface area contributed by atoms with E-state index in [4.69, 9.17) is 5.73 Å². The lowest BCUT2D eigenvalue weighted by molar-refractivity contribution is 0.218. The average molecular weight is 191 g/mol. The fourth-order valence-electron chi connectivity index (χ4n) is 1.82. The highest BCUT2D eigenvalue weighted by Crippen LogP contribution is 2.40. The maximum atomic E-state index is 5.77. The maximum Gasteiger partial charge on any atom is 0.0333 e. The Morgan fingerprint density at radius 1 is 1.43 bits per heavy atom. The number of hydrogen-bond donors (Lipinski definition) is 1. The normalized spacial score (nSPS) is 18.5. The van der Waals surface area contributed by atoms with Crippen molar-refractivity contribution in [3.63, 3.8) is 0 Å². The van der Waals surface area contributed by atoms with Crippen LogP contribution >= 0.6 is 0 Å². The molecule has 1 fully saturated rings. The predicted molar refractivity (Wildman–Crippen MR) is 56.7 cm³/mol. The summed E-state index contributed by atoms with van der Waals surface area (Å²) in [6, 6.07) is 4.12. The Bertz CT molecular complexity index is 293. The van der Waals surface area contributed by atoms with E-state index in [-0.39, 0.29) is 0 Å². The average Bonchev–Trinajstić information content (AvgIpc) is 3.00.